The van der Waals surface area contributed by atoms with Gasteiger partial charge in [0.25, 0.3) is 0 Å². The Morgan fingerprint density at radius 3 is 2.75 bits per heavy atom. The maximum absolute atomic E-state index is 11.8. The minimum atomic E-state index is -0.781. The molecule has 1 fully saturated rings. The second-order valence-electron chi connectivity index (χ2n) is 5.38. The second kappa shape index (κ2) is 6.21. The summed E-state index contributed by atoms with van der Waals surface area (Å²) in [6.07, 6.45) is 1.83. The largest absolute Gasteiger partial charge is 0.481 e. The van der Waals surface area contributed by atoms with E-state index in [0.717, 1.165) is 5.69 Å². The van der Waals surface area contributed by atoms with Crippen LogP contribution in [0.4, 0.5) is 9.93 Å². The van der Waals surface area contributed by atoms with Crippen LogP contribution in [0.25, 0.3) is 0 Å². The van der Waals surface area contributed by atoms with Crippen LogP contribution in [0.3, 0.4) is 0 Å². The van der Waals surface area contributed by atoms with Crippen LogP contribution in [-0.2, 0) is 4.79 Å². The normalized spacial score (nSPS) is 21.9. The second-order valence-corrected chi connectivity index (χ2v) is 6.23. The molecule has 110 valence electrons. The summed E-state index contributed by atoms with van der Waals surface area (Å²) in [4.78, 5) is 27.0. The predicted molar refractivity (Wildman–Crippen MR) is 77.1 cm³/mol. The lowest BCUT2D eigenvalue weighted by atomic mass is 10.1. The number of carbonyl (C=O) groups excluding carboxylic acids is 1. The quantitative estimate of drug-likeness (QED) is 0.796. The lowest BCUT2D eigenvalue weighted by Crippen LogP contribution is -2.36. The van der Waals surface area contributed by atoms with Crippen molar-refractivity contribution in [2.24, 2.45) is 5.92 Å². The van der Waals surface area contributed by atoms with Crippen LogP contribution in [0.1, 0.15) is 44.7 Å². The SMILES string of the molecule is CC(C)c1csc(NC(=O)NC2CCC(C(=O)O)C2)n1. The van der Waals surface area contributed by atoms with Crippen molar-refractivity contribution in [3.05, 3.63) is 11.1 Å². The van der Waals surface area contributed by atoms with E-state index in [-0.39, 0.29) is 18.0 Å². The number of hydrogen-bond donors (Lipinski definition) is 3. The summed E-state index contributed by atoms with van der Waals surface area (Å²) in [6, 6.07) is -0.383. The van der Waals surface area contributed by atoms with Gasteiger partial charge in [-0.15, -0.1) is 11.3 Å². The number of aliphatic carboxylic acids is 1. The zero-order valence-corrected chi connectivity index (χ0v) is 12.4. The van der Waals surface area contributed by atoms with Gasteiger partial charge in [-0.2, -0.15) is 0 Å². The molecule has 2 unspecified atom stereocenters. The van der Waals surface area contributed by atoms with E-state index in [4.69, 9.17) is 5.11 Å². The van der Waals surface area contributed by atoms with E-state index in [2.05, 4.69) is 15.6 Å². The molecule has 1 aromatic heterocycles. The van der Waals surface area contributed by atoms with Crippen LogP contribution in [-0.4, -0.2) is 28.1 Å². The molecule has 1 aliphatic carbocycles. The Labute approximate surface area is 121 Å². The highest BCUT2D eigenvalue weighted by atomic mass is 32.1. The number of nitrogens with one attached hydrogen (secondary N) is 2. The molecule has 2 rings (SSSR count). The fraction of sp³-hybridized carbons (Fsp3) is 0.615. The van der Waals surface area contributed by atoms with Crippen molar-refractivity contribution in [3.63, 3.8) is 0 Å². The van der Waals surface area contributed by atoms with Gasteiger partial charge in [0.1, 0.15) is 0 Å². The highest BCUT2D eigenvalue weighted by Crippen LogP contribution is 2.26. The fourth-order valence-corrected chi connectivity index (χ4v) is 3.13. The monoisotopic (exact) mass is 297 g/mol. The number of urea groups is 1. The van der Waals surface area contributed by atoms with Gasteiger partial charge in [0.05, 0.1) is 11.6 Å². The summed E-state index contributed by atoms with van der Waals surface area (Å²) in [5, 5.41) is 16.9. The van der Waals surface area contributed by atoms with Crippen molar-refractivity contribution in [1.29, 1.82) is 0 Å². The minimum absolute atomic E-state index is 0.0689. The van der Waals surface area contributed by atoms with E-state index >= 15 is 0 Å². The zero-order valence-electron chi connectivity index (χ0n) is 11.5. The van der Waals surface area contributed by atoms with E-state index in [0.29, 0.717) is 30.3 Å². The number of carboxylic acid groups (broad SMARTS) is 1. The first-order chi connectivity index (χ1) is 9.45. The molecule has 1 aliphatic rings. The number of hydrogen-bond acceptors (Lipinski definition) is 4. The third-order valence-corrected chi connectivity index (χ3v) is 4.23. The smallest absolute Gasteiger partial charge is 0.321 e. The van der Waals surface area contributed by atoms with Crippen LogP contribution < -0.4 is 10.6 Å². The number of anilines is 1. The van der Waals surface area contributed by atoms with E-state index < -0.39 is 5.97 Å². The van der Waals surface area contributed by atoms with Crippen molar-refractivity contribution in [3.8, 4) is 0 Å². The van der Waals surface area contributed by atoms with E-state index in [9.17, 15) is 9.59 Å². The Bertz CT molecular complexity index is 501. The highest BCUT2D eigenvalue weighted by molar-refractivity contribution is 7.13. The Balaban J connectivity index is 1.82. The lowest BCUT2D eigenvalue weighted by Gasteiger charge is -2.12. The molecule has 1 saturated carbocycles. The van der Waals surface area contributed by atoms with Gasteiger partial charge in [0.2, 0.25) is 0 Å². The molecule has 2 atom stereocenters. The Morgan fingerprint density at radius 2 is 2.20 bits per heavy atom. The number of carboxylic acids is 1. The van der Waals surface area contributed by atoms with Gasteiger partial charge in [-0.1, -0.05) is 13.8 Å². The molecule has 1 aromatic rings. The van der Waals surface area contributed by atoms with Gasteiger partial charge < -0.3 is 10.4 Å². The lowest BCUT2D eigenvalue weighted by molar-refractivity contribution is -0.141. The number of nitrogens with zero attached hydrogens (tertiary/aromatic N) is 1. The molecule has 0 saturated heterocycles. The van der Waals surface area contributed by atoms with Gasteiger partial charge in [-0.3, -0.25) is 10.1 Å². The summed E-state index contributed by atoms with van der Waals surface area (Å²) in [5.41, 5.74) is 0.956. The summed E-state index contributed by atoms with van der Waals surface area (Å²) in [6.45, 7) is 4.09. The van der Waals surface area contributed by atoms with Crippen LogP contribution in [0.15, 0.2) is 5.38 Å². The third-order valence-electron chi connectivity index (χ3n) is 3.45. The molecule has 2 amide bonds. The maximum atomic E-state index is 11.8. The number of thiazole rings is 1. The Kier molecular flexibility index (Phi) is 4.59. The molecular formula is C13H19N3O3S. The zero-order chi connectivity index (χ0) is 14.7. The van der Waals surface area contributed by atoms with Gasteiger partial charge in [-0.05, 0) is 25.2 Å². The first kappa shape index (κ1) is 14.8. The number of rotatable bonds is 4. The van der Waals surface area contributed by atoms with E-state index in [1.165, 1.54) is 11.3 Å². The van der Waals surface area contributed by atoms with Gasteiger partial charge in [0, 0.05) is 11.4 Å². The van der Waals surface area contributed by atoms with Crippen LogP contribution in [0.5, 0.6) is 0 Å². The summed E-state index contributed by atoms with van der Waals surface area (Å²) in [5.74, 6) is -0.792. The third kappa shape index (κ3) is 3.69. The number of aromatic nitrogens is 1. The summed E-state index contributed by atoms with van der Waals surface area (Å²) in [7, 11) is 0. The van der Waals surface area contributed by atoms with E-state index in [1.807, 2.05) is 19.2 Å². The van der Waals surface area contributed by atoms with Gasteiger partial charge >= 0.3 is 12.0 Å². The predicted octanol–water partition coefficient (Wildman–Crippen LogP) is 2.64. The van der Waals surface area contributed by atoms with Crippen molar-refractivity contribution in [1.82, 2.24) is 10.3 Å². The average molecular weight is 297 g/mol. The molecular weight excluding hydrogens is 278 g/mol. The molecule has 0 radical (unpaired) electrons. The van der Waals surface area contributed by atoms with E-state index in [1.54, 1.807) is 0 Å². The Hall–Kier alpha value is -1.63. The molecule has 7 heteroatoms. The first-order valence-corrected chi connectivity index (χ1v) is 7.59. The van der Waals surface area contributed by atoms with Crippen LogP contribution >= 0.6 is 11.3 Å². The molecule has 3 N–H and O–H groups in total. The molecule has 0 aromatic carbocycles. The molecule has 0 bridgehead atoms. The molecule has 6 nitrogen and oxygen atoms in total. The van der Waals surface area contributed by atoms with Crippen molar-refractivity contribution in [2.75, 3.05) is 5.32 Å². The first-order valence-electron chi connectivity index (χ1n) is 6.71. The maximum Gasteiger partial charge on any atom is 0.321 e. The highest BCUT2D eigenvalue weighted by Gasteiger charge is 2.30. The Morgan fingerprint density at radius 1 is 1.45 bits per heavy atom. The standard InChI is InChI=1S/C13H19N3O3S/c1-7(2)10-6-20-13(15-10)16-12(19)14-9-4-3-8(5-9)11(17)18/h6-9H,3-5H2,1-2H3,(H,17,18)(H2,14,15,16,19). The van der Waals surface area contributed by atoms with Gasteiger partial charge in [-0.25, -0.2) is 9.78 Å². The summed E-state index contributed by atoms with van der Waals surface area (Å²) < 4.78 is 0. The average Bonchev–Trinajstić information content (AvgIpc) is 2.98. The van der Waals surface area contributed by atoms with Crippen molar-refractivity contribution >= 4 is 28.5 Å². The number of amides is 2. The number of carbonyl (C=O) groups is 2. The summed E-state index contributed by atoms with van der Waals surface area (Å²) >= 11 is 1.39. The van der Waals surface area contributed by atoms with Crippen molar-refractivity contribution < 1.29 is 14.7 Å². The van der Waals surface area contributed by atoms with Crippen molar-refractivity contribution in [2.45, 2.75) is 45.1 Å². The minimum Gasteiger partial charge on any atom is -0.481 e. The van der Waals surface area contributed by atoms with Gasteiger partial charge in [0.15, 0.2) is 5.13 Å². The van der Waals surface area contributed by atoms with Crippen LogP contribution in [0, 0.1) is 5.92 Å². The molecule has 1 heterocycles. The molecule has 20 heavy (non-hydrogen) atoms. The molecule has 0 aliphatic heterocycles. The fourth-order valence-electron chi connectivity index (χ4n) is 2.26. The van der Waals surface area contributed by atoms with Crippen LogP contribution in [0.2, 0.25) is 0 Å². The topological polar surface area (TPSA) is 91.3 Å². The molecule has 0 spiro atoms.